The van der Waals surface area contributed by atoms with Crippen LogP contribution in [0.3, 0.4) is 0 Å². The van der Waals surface area contributed by atoms with E-state index in [0.717, 1.165) is 37.0 Å². The highest BCUT2D eigenvalue weighted by Crippen LogP contribution is 2.61. The minimum atomic E-state index is 0.476. The van der Waals surface area contributed by atoms with Crippen molar-refractivity contribution >= 4 is 0 Å². The molecule has 3 N–H and O–H groups in total. The maximum atomic E-state index is 5.78. The van der Waals surface area contributed by atoms with Crippen LogP contribution in [0, 0.1) is 35.5 Å². The van der Waals surface area contributed by atoms with E-state index in [1.807, 2.05) is 0 Å². The summed E-state index contributed by atoms with van der Waals surface area (Å²) in [4.78, 5) is 0. The molecule has 2 heteroatoms. The van der Waals surface area contributed by atoms with E-state index in [4.69, 9.17) is 12.3 Å². The van der Waals surface area contributed by atoms with Crippen LogP contribution in [-0.4, -0.2) is 6.04 Å². The van der Waals surface area contributed by atoms with Gasteiger partial charge in [0.15, 0.2) is 0 Å². The predicted molar refractivity (Wildman–Crippen MR) is 79.0 cm³/mol. The van der Waals surface area contributed by atoms with Gasteiger partial charge < -0.3 is 0 Å². The van der Waals surface area contributed by atoms with E-state index in [2.05, 4.69) is 11.3 Å². The maximum absolute atomic E-state index is 5.78. The Bertz CT molecular complexity index is 319. The van der Waals surface area contributed by atoms with Gasteiger partial charge in [0.2, 0.25) is 0 Å². The lowest BCUT2D eigenvalue weighted by Crippen LogP contribution is -2.49. The van der Waals surface area contributed by atoms with E-state index < -0.39 is 0 Å². The first-order valence-corrected chi connectivity index (χ1v) is 8.12. The van der Waals surface area contributed by atoms with Crippen molar-refractivity contribution in [1.82, 2.24) is 5.43 Å². The normalized spacial score (nSPS) is 41.2. The van der Waals surface area contributed by atoms with Gasteiger partial charge in [-0.2, -0.15) is 0 Å². The summed E-state index contributed by atoms with van der Waals surface area (Å²) in [6.07, 6.45) is 18.8. The lowest BCUT2D eigenvalue weighted by atomic mass is 9.48. The Morgan fingerprint density at radius 1 is 1.16 bits per heavy atom. The van der Waals surface area contributed by atoms with Crippen LogP contribution in [0.4, 0.5) is 0 Å². The Labute approximate surface area is 117 Å². The van der Waals surface area contributed by atoms with Crippen LogP contribution >= 0.6 is 0 Å². The van der Waals surface area contributed by atoms with Crippen molar-refractivity contribution in [2.24, 2.45) is 29.0 Å². The van der Waals surface area contributed by atoms with Crippen LogP contribution in [-0.2, 0) is 0 Å². The molecule has 4 bridgehead atoms. The van der Waals surface area contributed by atoms with Gasteiger partial charge in [-0.05, 0) is 81.0 Å². The lowest BCUT2D eigenvalue weighted by molar-refractivity contribution is -0.0624. The number of hydrogen-bond acceptors (Lipinski definition) is 2. The first kappa shape index (κ1) is 13.5. The van der Waals surface area contributed by atoms with Crippen molar-refractivity contribution in [2.75, 3.05) is 0 Å². The zero-order valence-electron chi connectivity index (χ0n) is 12.0. The summed E-state index contributed by atoms with van der Waals surface area (Å²) in [6, 6.07) is 0.476. The minimum Gasteiger partial charge on any atom is -0.271 e. The molecule has 4 fully saturated rings. The quantitative estimate of drug-likeness (QED) is 0.333. The molecule has 1 atom stereocenters. The van der Waals surface area contributed by atoms with E-state index in [1.54, 1.807) is 0 Å². The molecule has 0 aliphatic heterocycles. The third-order valence-electron chi connectivity index (χ3n) is 5.95. The molecular weight excluding hydrogens is 232 g/mol. The zero-order valence-corrected chi connectivity index (χ0v) is 12.0. The summed E-state index contributed by atoms with van der Waals surface area (Å²) in [5.74, 6) is 11.6. The molecule has 4 rings (SSSR count). The van der Waals surface area contributed by atoms with Crippen molar-refractivity contribution in [3.63, 3.8) is 0 Å². The van der Waals surface area contributed by atoms with E-state index in [0.29, 0.717) is 11.5 Å². The summed E-state index contributed by atoms with van der Waals surface area (Å²) in [6.45, 7) is 0. The van der Waals surface area contributed by atoms with Gasteiger partial charge in [-0.1, -0.05) is 0 Å². The highest BCUT2D eigenvalue weighted by molar-refractivity contribution is 5.02. The van der Waals surface area contributed by atoms with E-state index in [1.165, 1.54) is 44.9 Å². The highest BCUT2D eigenvalue weighted by Gasteiger charge is 2.51. The van der Waals surface area contributed by atoms with Crippen LogP contribution in [0.1, 0.15) is 64.2 Å². The highest BCUT2D eigenvalue weighted by atomic mass is 15.2. The lowest BCUT2D eigenvalue weighted by Gasteiger charge is -2.57. The molecule has 0 amide bonds. The molecule has 0 aromatic heterocycles. The Morgan fingerprint density at radius 2 is 1.74 bits per heavy atom. The van der Waals surface area contributed by atoms with Crippen LogP contribution in [0.15, 0.2) is 0 Å². The fourth-order valence-electron chi connectivity index (χ4n) is 5.76. The molecule has 106 valence electrons. The van der Waals surface area contributed by atoms with E-state index in [-0.39, 0.29) is 0 Å². The second-order valence-corrected chi connectivity index (χ2v) is 7.58. The molecule has 0 aromatic carbocycles. The molecule has 0 radical (unpaired) electrons. The number of hydrogen-bond donors (Lipinski definition) is 2. The number of hydrazine groups is 1. The zero-order chi connectivity index (χ0) is 13.3. The molecule has 0 saturated heterocycles. The van der Waals surface area contributed by atoms with Gasteiger partial charge in [0.25, 0.3) is 0 Å². The average molecular weight is 260 g/mol. The third kappa shape index (κ3) is 2.83. The second kappa shape index (κ2) is 5.46. The van der Waals surface area contributed by atoms with Crippen LogP contribution in [0.25, 0.3) is 0 Å². The molecule has 19 heavy (non-hydrogen) atoms. The van der Waals surface area contributed by atoms with Crippen molar-refractivity contribution in [3.8, 4) is 12.3 Å². The molecule has 1 unspecified atom stereocenters. The Hall–Kier alpha value is -0.520. The summed E-state index contributed by atoms with van der Waals surface area (Å²) < 4.78 is 0. The predicted octanol–water partition coefficient (Wildman–Crippen LogP) is 3.23. The fourth-order valence-corrected chi connectivity index (χ4v) is 5.76. The Balaban J connectivity index is 1.60. The largest absolute Gasteiger partial charge is 0.271 e. The Morgan fingerprint density at radius 3 is 2.21 bits per heavy atom. The van der Waals surface area contributed by atoms with Crippen molar-refractivity contribution < 1.29 is 0 Å². The van der Waals surface area contributed by atoms with E-state index >= 15 is 0 Å². The molecule has 0 aromatic rings. The monoisotopic (exact) mass is 260 g/mol. The molecule has 4 aliphatic rings. The number of terminal acetylenes is 1. The van der Waals surface area contributed by atoms with Crippen LogP contribution < -0.4 is 11.3 Å². The average Bonchev–Trinajstić information content (AvgIpc) is 2.36. The summed E-state index contributed by atoms with van der Waals surface area (Å²) >= 11 is 0. The smallest absolute Gasteiger partial charge is 0.0216 e. The standard InChI is InChI=1S/C17H28N2/c1-2-3-4-5-16(19-18)12-17-9-13-6-14(10-17)8-15(7-13)11-17/h1,13-16,19H,3-12,18H2. The topological polar surface area (TPSA) is 38.0 Å². The van der Waals surface area contributed by atoms with Gasteiger partial charge >= 0.3 is 0 Å². The van der Waals surface area contributed by atoms with Crippen molar-refractivity contribution in [3.05, 3.63) is 0 Å². The molecule has 4 aliphatic carbocycles. The molecule has 0 heterocycles. The number of rotatable bonds is 6. The van der Waals surface area contributed by atoms with E-state index in [9.17, 15) is 0 Å². The van der Waals surface area contributed by atoms with Gasteiger partial charge in [0, 0.05) is 12.5 Å². The molecule has 4 saturated carbocycles. The number of nitrogens with two attached hydrogens (primary N) is 1. The third-order valence-corrected chi connectivity index (χ3v) is 5.95. The number of unbranched alkanes of at least 4 members (excludes halogenated alkanes) is 1. The van der Waals surface area contributed by atoms with Gasteiger partial charge in [-0.3, -0.25) is 11.3 Å². The Kier molecular flexibility index (Phi) is 3.87. The van der Waals surface area contributed by atoms with Crippen molar-refractivity contribution in [1.29, 1.82) is 0 Å². The SMILES string of the molecule is C#CCCCC(CC12CC3CC(CC(C3)C1)C2)NN. The van der Waals surface area contributed by atoms with Crippen LogP contribution in [0.2, 0.25) is 0 Å². The minimum absolute atomic E-state index is 0.476. The fraction of sp³-hybridized carbons (Fsp3) is 0.882. The van der Waals surface area contributed by atoms with Crippen LogP contribution in [0.5, 0.6) is 0 Å². The van der Waals surface area contributed by atoms with Gasteiger partial charge in [0.1, 0.15) is 0 Å². The van der Waals surface area contributed by atoms with Crippen molar-refractivity contribution in [2.45, 2.75) is 70.3 Å². The molecular formula is C17H28N2. The van der Waals surface area contributed by atoms with Gasteiger partial charge in [-0.15, -0.1) is 12.3 Å². The summed E-state index contributed by atoms with van der Waals surface area (Å²) in [7, 11) is 0. The van der Waals surface area contributed by atoms with Gasteiger partial charge in [0.05, 0.1) is 0 Å². The van der Waals surface area contributed by atoms with Gasteiger partial charge in [-0.25, -0.2) is 0 Å². The second-order valence-electron chi connectivity index (χ2n) is 7.58. The first-order valence-electron chi connectivity index (χ1n) is 8.12. The maximum Gasteiger partial charge on any atom is 0.0216 e. The molecule has 0 spiro atoms. The number of nitrogens with one attached hydrogen (secondary N) is 1. The molecule has 2 nitrogen and oxygen atoms in total. The first-order chi connectivity index (χ1) is 9.23. The summed E-state index contributed by atoms with van der Waals surface area (Å²) in [5.41, 5.74) is 3.69. The summed E-state index contributed by atoms with van der Waals surface area (Å²) in [5, 5.41) is 0.